The summed E-state index contributed by atoms with van der Waals surface area (Å²) in [5.74, 6) is -1.38. The fraction of sp³-hybridized carbons (Fsp3) is 0.0556. The highest BCUT2D eigenvalue weighted by molar-refractivity contribution is 8.00. The van der Waals surface area contributed by atoms with Gasteiger partial charge in [0, 0.05) is 40.7 Å². The van der Waals surface area contributed by atoms with Gasteiger partial charge in [0.1, 0.15) is 10.9 Å². The summed E-state index contributed by atoms with van der Waals surface area (Å²) in [4.78, 5) is 55.7. The average Bonchev–Trinajstić information content (AvgIpc) is 3.09. The molecule has 0 spiro atoms. The molecule has 0 bridgehead atoms. The van der Waals surface area contributed by atoms with E-state index in [9.17, 15) is 24.5 Å². The molecule has 3 N–H and O–H groups in total. The number of anilines is 2. The van der Waals surface area contributed by atoms with Crippen LogP contribution >= 0.6 is 11.8 Å². The van der Waals surface area contributed by atoms with Gasteiger partial charge in [0.15, 0.2) is 0 Å². The van der Waals surface area contributed by atoms with Gasteiger partial charge in [-0.05, 0) is 66.1 Å². The monoisotopic (exact) mass is 643 g/mol. The number of rotatable bonds is 11. The molecule has 4 aromatic carbocycles. The van der Waals surface area contributed by atoms with Crippen LogP contribution in [0, 0.1) is 17.0 Å². The summed E-state index contributed by atoms with van der Waals surface area (Å²) in [6, 6.07) is 32.5. The van der Waals surface area contributed by atoms with Crippen molar-refractivity contribution in [3.63, 3.8) is 0 Å². The van der Waals surface area contributed by atoms with E-state index in [0.29, 0.717) is 33.0 Å². The van der Waals surface area contributed by atoms with Crippen LogP contribution in [0.15, 0.2) is 138 Å². The molecule has 0 saturated carbocycles. The van der Waals surface area contributed by atoms with Crippen LogP contribution in [-0.4, -0.2) is 27.6 Å². The number of aryl methyl sites for hydroxylation is 1. The number of amides is 3. The van der Waals surface area contributed by atoms with Crippen LogP contribution in [0.1, 0.15) is 32.3 Å². The third-order valence-electron chi connectivity index (χ3n) is 6.90. The average molecular weight is 644 g/mol. The second-order valence-corrected chi connectivity index (χ2v) is 11.5. The molecule has 234 valence electrons. The van der Waals surface area contributed by atoms with Crippen molar-refractivity contribution in [3.8, 4) is 0 Å². The van der Waals surface area contributed by atoms with Gasteiger partial charge >= 0.3 is 0 Å². The number of nitrogens with zero attached hydrogens (tertiary/aromatic N) is 2. The van der Waals surface area contributed by atoms with Crippen LogP contribution in [0.5, 0.6) is 0 Å². The molecule has 0 aliphatic carbocycles. The van der Waals surface area contributed by atoms with E-state index >= 15 is 0 Å². The summed E-state index contributed by atoms with van der Waals surface area (Å²) < 4.78 is 0. The van der Waals surface area contributed by atoms with Gasteiger partial charge in [-0.3, -0.25) is 29.5 Å². The van der Waals surface area contributed by atoms with Crippen LogP contribution in [0.4, 0.5) is 17.1 Å². The highest BCUT2D eigenvalue weighted by Gasteiger charge is 2.24. The molecule has 11 heteroatoms. The summed E-state index contributed by atoms with van der Waals surface area (Å²) in [5, 5.41) is 19.0. The minimum atomic E-state index is -0.730. The Morgan fingerprint density at radius 1 is 0.851 bits per heavy atom. The zero-order valence-corrected chi connectivity index (χ0v) is 25.9. The third-order valence-corrected chi connectivity index (χ3v) is 8.15. The van der Waals surface area contributed by atoms with Crippen LogP contribution in [0.3, 0.4) is 0 Å². The summed E-state index contributed by atoms with van der Waals surface area (Å²) >= 11 is 1.26. The molecule has 0 saturated heterocycles. The first-order chi connectivity index (χ1) is 22.8. The van der Waals surface area contributed by atoms with Crippen molar-refractivity contribution >= 4 is 52.6 Å². The lowest BCUT2D eigenvalue weighted by Gasteiger charge is -2.18. The highest BCUT2D eigenvalue weighted by Crippen LogP contribution is 2.37. The first-order valence-corrected chi connectivity index (χ1v) is 15.3. The molecule has 5 aromatic rings. The molecule has 5 rings (SSSR count). The molecule has 10 nitrogen and oxygen atoms in total. The van der Waals surface area contributed by atoms with E-state index in [1.54, 1.807) is 86.0 Å². The molecule has 0 aliphatic heterocycles. The van der Waals surface area contributed by atoms with E-state index in [-0.39, 0.29) is 17.3 Å². The van der Waals surface area contributed by atoms with E-state index in [2.05, 4.69) is 20.9 Å². The number of carbonyl (C=O) groups is 3. The number of carbonyl (C=O) groups excluding carboxylic acids is 3. The van der Waals surface area contributed by atoms with Gasteiger partial charge in [-0.15, -0.1) is 11.8 Å². The fourth-order valence-electron chi connectivity index (χ4n) is 4.51. The first kappa shape index (κ1) is 32.3. The zero-order chi connectivity index (χ0) is 33.2. The Hall–Kier alpha value is -6.07. The van der Waals surface area contributed by atoms with Crippen molar-refractivity contribution in [1.29, 1.82) is 0 Å². The molecule has 0 fully saturated rings. The van der Waals surface area contributed by atoms with E-state index in [1.807, 2.05) is 36.4 Å². The fourth-order valence-corrected chi connectivity index (χ4v) is 5.59. The van der Waals surface area contributed by atoms with Gasteiger partial charge in [-0.2, -0.15) is 0 Å². The summed E-state index contributed by atoms with van der Waals surface area (Å²) in [6.45, 7) is 1.76. The number of nitrogens with one attached hydrogen (secondary N) is 3. The highest BCUT2D eigenvalue weighted by atomic mass is 32.2. The number of hydrogen-bond acceptors (Lipinski definition) is 7. The number of aromatic nitrogens is 1. The minimum Gasteiger partial charge on any atom is -0.324 e. The second kappa shape index (κ2) is 15.3. The predicted octanol–water partition coefficient (Wildman–Crippen LogP) is 7.18. The van der Waals surface area contributed by atoms with Crippen molar-refractivity contribution in [2.24, 2.45) is 0 Å². The Morgan fingerprint density at radius 3 is 2.30 bits per heavy atom. The van der Waals surface area contributed by atoms with Crippen LogP contribution < -0.4 is 16.0 Å². The van der Waals surface area contributed by atoms with Crippen molar-refractivity contribution in [2.75, 3.05) is 10.6 Å². The lowest BCUT2D eigenvalue weighted by atomic mass is 10.1. The number of non-ortho nitro benzene ring substituents is 1. The van der Waals surface area contributed by atoms with Crippen molar-refractivity contribution in [2.45, 2.75) is 17.1 Å². The molecule has 1 heterocycles. The molecule has 1 atom stereocenters. The molecular formula is C36H29N5O5S. The number of hydrogen-bond donors (Lipinski definition) is 3. The number of nitro benzene ring substituents is 1. The van der Waals surface area contributed by atoms with E-state index in [1.165, 1.54) is 30.0 Å². The minimum absolute atomic E-state index is 0.0128. The smallest absolute Gasteiger partial charge is 0.272 e. The Labute approximate surface area is 275 Å². The largest absolute Gasteiger partial charge is 0.324 e. The lowest BCUT2D eigenvalue weighted by molar-refractivity contribution is -0.384. The van der Waals surface area contributed by atoms with Crippen molar-refractivity contribution in [1.82, 2.24) is 10.3 Å². The number of pyridine rings is 1. The normalized spacial score (nSPS) is 11.6. The van der Waals surface area contributed by atoms with E-state index < -0.39 is 22.0 Å². The van der Waals surface area contributed by atoms with Crippen molar-refractivity contribution in [3.05, 3.63) is 166 Å². The third kappa shape index (κ3) is 8.77. The summed E-state index contributed by atoms with van der Waals surface area (Å²) in [6.07, 6.45) is 4.72. The maximum absolute atomic E-state index is 13.7. The van der Waals surface area contributed by atoms with Gasteiger partial charge in [0.25, 0.3) is 17.5 Å². The molecular weight excluding hydrogens is 614 g/mol. The van der Waals surface area contributed by atoms with E-state index in [0.717, 1.165) is 5.56 Å². The Kier molecular flexibility index (Phi) is 10.5. The van der Waals surface area contributed by atoms with Crippen LogP contribution in [0.25, 0.3) is 6.08 Å². The maximum Gasteiger partial charge on any atom is 0.272 e. The molecule has 1 unspecified atom stereocenters. The van der Waals surface area contributed by atoms with Gasteiger partial charge in [-0.25, -0.2) is 0 Å². The van der Waals surface area contributed by atoms with Gasteiger partial charge in [0.05, 0.1) is 10.6 Å². The Bertz CT molecular complexity index is 1940. The molecule has 1 aromatic heterocycles. The number of benzene rings is 4. The standard InChI is InChI=1S/C36H29N5O5S/c1-24-17-18-29(41(45)46)22-31(24)39-36(44)33(26-11-4-2-5-12-26)47-30-16-8-15-28(21-30)38-35(43)32(20-25-10-9-19-37-23-25)40-34(42)27-13-6-3-7-14-27/h2-23,33H,1H3,(H,38,43)(H,39,44)(H,40,42)/b32-20-. The van der Waals surface area contributed by atoms with Gasteiger partial charge in [0.2, 0.25) is 5.91 Å². The van der Waals surface area contributed by atoms with Gasteiger partial charge in [-0.1, -0.05) is 66.7 Å². The maximum atomic E-state index is 13.7. The van der Waals surface area contributed by atoms with Gasteiger partial charge < -0.3 is 16.0 Å². The molecule has 3 amide bonds. The topological polar surface area (TPSA) is 143 Å². The van der Waals surface area contributed by atoms with Crippen molar-refractivity contribution < 1.29 is 19.3 Å². The SMILES string of the molecule is Cc1ccc([N+](=O)[O-])cc1NC(=O)C(Sc1cccc(NC(=O)/C(=C/c2cccnc2)NC(=O)c2ccccc2)c1)c1ccccc1. The number of nitro groups is 1. The Balaban J connectivity index is 1.38. The quantitative estimate of drug-likeness (QED) is 0.0599. The second-order valence-electron chi connectivity index (χ2n) is 10.3. The Morgan fingerprint density at radius 2 is 1.60 bits per heavy atom. The summed E-state index contributed by atoms with van der Waals surface area (Å²) in [7, 11) is 0. The first-order valence-electron chi connectivity index (χ1n) is 14.4. The van der Waals surface area contributed by atoms with Crippen LogP contribution in [0.2, 0.25) is 0 Å². The lowest BCUT2D eigenvalue weighted by Crippen LogP contribution is -2.30. The number of thioether (sulfide) groups is 1. The van der Waals surface area contributed by atoms with E-state index in [4.69, 9.17) is 0 Å². The predicted molar refractivity (Wildman–Crippen MR) is 183 cm³/mol. The summed E-state index contributed by atoms with van der Waals surface area (Å²) in [5.41, 5.74) is 3.07. The van der Waals surface area contributed by atoms with Crippen LogP contribution in [-0.2, 0) is 9.59 Å². The molecule has 0 aliphatic rings. The molecule has 47 heavy (non-hydrogen) atoms. The zero-order valence-electron chi connectivity index (χ0n) is 25.1. The molecule has 0 radical (unpaired) electrons.